The van der Waals surface area contributed by atoms with Crippen molar-refractivity contribution >= 4 is 28.9 Å². The zero-order valence-electron chi connectivity index (χ0n) is 9.19. The summed E-state index contributed by atoms with van der Waals surface area (Å²) in [5.41, 5.74) is 2.26. The second-order valence-corrected chi connectivity index (χ2v) is 4.17. The molecule has 1 amide bonds. The molecule has 1 fully saturated rings. The fourth-order valence-electron chi connectivity index (χ4n) is 1.19. The number of nitrogens with one attached hydrogen (secondary N) is 1. The Morgan fingerprint density at radius 1 is 1.62 bits per heavy atom. The summed E-state index contributed by atoms with van der Waals surface area (Å²) in [7, 11) is 1.36. The van der Waals surface area contributed by atoms with E-state index < -0.39 is 6.09 Å². The van der Waals surface area contributed by atoms with Crippen molar-refractivity contribution in [1.82, 2.24) is 5.43 Å². The van der Waals surface area contributed by atoms with Crippen LogP contribution >= 0.6 is 11.8 Å². The first-order valence-electron chi connectivity index (χ1n) is 4.87. The van der Waals surface area contributed by atoms with Crippen LogP contribution in [-0.2, 0) is 14.3 Å². The number of carbonyl (C=O) groups is 2. The summed E-state index contributed by atoms with van der Waals surface area (Å²) >= 11 is 1.43. The molecule has 1 atom stereocenters. The monoisotopic (exact) mass is 246 g/mol. The van der Waals surface area contributed by atoms with Crippen molar-refractivity contribution in [2.24, 2.45) is 11.0 Å². The Labute approximate surface area is 97.7 Å². The molecule has 1 aliphatic heterocycles. The molecule has 0 bridgehead atoms. The minimum atomic E-state index is -0.586. The van der Waals surface area contributed by atoms with Gasteiger partial charge in [-0.1, -0.05) is 0 Å². The van der Waals surface area contributed by atoms with Crippen molar-refractivity contribution in [2.75, 3.05) is 19.5 Å². The summed E-state index contributed by atoms with van der Waals surface area (Å²) in [5, 5.41) is 4.57. The van der Waals surface area contributed by atoms with E-state index in [0.29, 0.717) is 23.8 Å². The number of rotatable bonds is 3. The standard InChI is InChI=1S/C9H14N2O4S/c1-3-15-9(13)11-10-7-4-6(5-16-7)8(12)14-2/h6H,3-5H2,1-2H3,(H,11,13)/b10-7-/t6-/m1/s1. The highest BCUT2D eigenvalue weighted by Crippen LogP contribution is 2.27. The minimum Gasteiger partial charge on any atom is -0.469 e. The number of amides is 1. The molecule has 1 rings (SSSR count). The van der Waals surface area contributed by atoms with E-state index >= 15 is 0 Å². The number of thioether (sulfide) groups is 1. The Balaban J connectivity index is 2.37. The lowest BCUT2D eigenvalue weighted by Crippen LogP contribution is -2.20. The number of hydrogen-bond donors (Lipinski definition) is 1. The third-order valence-electron chi connectivity index (χ3n) is 1.95. The predicted molar refractivity (Wildman–Crippen MR) is 60.2 cm³/mol. The van der Waals surface area contributed by atoms with Gasteiger partial charge in [-0.05, 0) is 6.92 Å². The average Bonchev–Trinajstić information content (AvgIpc) is 2.74. The first-order chi connectivity index (χ1) is 7.67. The quantitative estimate of drug-likeness (QED) is 0.593. The van der Waals surface area contributed by atoms with Crippen molar-refractivity contribution in [2.45, 2.75) is 13.3 Å². The molecule has 0 aromatic rings. The lowest BCUT2D eigenvalue weighted by atomic mass is 10.1. The molecule has 1 N–H and O–H groups in total. The number of hydrogen-bond acceptors (Lipinski definition) is 6. The molecule has 1 saturated heterocycles. The van der Waals surface area contributed by atoms with E-state index in [9.17, 15) is 9.59 Å². The first kappa shape index (κ1) is 12.8. The maximum Gasteiger partial charge on any atom is 0.427 e. The molecule has 6 nitrogen and oxygen atoms in total. The summed E-state index contributed by atoms with van der Waals surface area (Å²) in [6.07, 6.45) is -0.0823. The molecule has 1 heterocycles. The van der Waals surface area contributed by atoms with Crippen molar-refractivity contribution in [3.8, 4) is 0 Å². The van der Waals surface area contributed by atoms with Crippen LogP contribution in [0.5, 0.6) is 0 Å². The largest absolute Gasteiger partial charge is 0.469 e. The fraction of sp³-hybridized carbons (Fsp3) is 0.667. The Bertz CT molecular complexity index is 306. The van der Waals surface area contributed by atoms with Crippen LogP contribution in [0.15, 0.2) is 5.10 Å². The lowest BCUT2D eigenvalue weighted by molar-refractivity contribution is -0.144. The van der Waals surface area contributed by atoms with Gasteiger partial charge in [0.1, 0.15) is 0 Å². The zero-order valence-corrected chi connectivity index (χ0v) is 10.0. The van der Waals surface area contributed by atoms with Gasteiger partial charge in [-0.2, -0.15) is 5.10 Å². The minimum absolute atomic E-state index is 0.169. The van der Waals surface area contributed by atoms with Gasteiger partial charge in [0, 0.05) is 12.2 Å². The van der Waals surface area contributed by atoms with Gasteiger partial charge in [0.25, 0.3) is 0 Å². The second-order valence-electron chi connectivity index (χ2n) is 3.07. The molecule has 1 aliphatic rings. The smallest absolute Gasteiger partial charge is 0.427 e. The molecule has 0 aromatic carbocycles. The van der Waals surface area contributed by atoms with Gasteiger partial charge in [0.05, 0.1) is 24.7 Å². The lowest BCUT2D eigenvalue weighted by Gasteiger charge is -2.03. The molecule has 0 saturated carbocycles. The van der Waals surface area contributed by atoms with Crippen LogP contribution in [0.25, 0.3) is 0 Å². The SMILES string of the molecule is CCOC(=O)N/N=C1/C[C@@H](C(=O)OC)CS1. The molecule has 90 valence electrons. The zero-order chi connectivity index (χ0) is 12.0. The van der Waals surface area contributed by atoms with Crippen LogP contribution in [-0.4, -0.2) is 36.6 Å². The van der Waals surface area contributed by atoms with E-state index in [-0.39, 0.29) is 11.9 Å². The molecule has 0 radical (unpaired) electrons. The summed E-state index contributed by atoms with van der Waals surface area (Å²) in [6.45, 7) is 2.01. The highest BCUT2D eigenvalue weighted by molar-refractivity contribution is 8.14. The number of carbonyl (C=O) groups excluding carboxylic acids is 2. The predicted octanol–water partition coefficient (Wildman–Crippen LogP) is 0.972. The van der Waals surface area contributed by atoms with E-state index in [1.54, 1.807) is 6.92 Å². The topological polar surface area (TPSA) is 77.0 Å². The van der Waals surface area contributed by atoms with Crippen molar-refractivity contribution in [3.05, 3.63) is 0 Å². The second kappa shape index (κ2) is 6.37. The summed E-state index contributed by atoms with van der Waals surface area (Å²) < 4.78 is 9.27. The highest BCUT2D eigenvalue weighted by Gasteiger charge is 2.28. The maximum atomic E-state index is 11.2. The molecule has 0 spiro atoms. The molecule has 16 heavy (non-hydrogen) atoms. The normalized spacial score (nSPS) is 21.9. The van der Waals surface area contributed by atoms with Gasteiger partial charge in [0.15, 0.2) is 0 Å². The van der Waals surface area contributed by atoms with Crippen molar-refractivity contribution in [1.29, 1.82) is 0 Å². The maximum absolute atomic E-state index is 11.2. The highest BCUT2D eigenvalue weighted by atomic mass is 32.2. The van der Waals surface area contributed by atoms with Crippen LogP contribution < -0.4 is 5.43 Å². The number of nitrogens with zero attached hydrogens (tertiary/aromatic N) is 1. The molecular formula is C9H14N2O4S. The van der Waals surface area contributed by atoms with E-state index in [0.717, 1.165) is 0 Å². The van der Waals surface area contributed by atoms with Gasteiger partial charge in [-0.15, -0.1) is 11.8 Å². The summed E-state index contributed by atoms with van der Waals surface area (Å²) in [6, 6.07) is 0. The van der Waals surface area contributed by atoms with E-state index in [2.05, 4.69) is 20.0 Å². The van der Waals surface area contributed by atoms with Gasteiger partial charge in [0.2, 0.25) is 0 Å². The number of methoxy groups -OCH3 is 1. The van der Waals surface area contributed by atoms with E-state index in [1.807, 2.05) is 0 Å². The third kappa shape index (κ3) is 3.73. The van der Waals surface area contributed by atoms with Crippen molar-refractivity contribution in [3.63, 3.8) is 0 Å². The molecule has 0 unspecified atom stereocenters. The fourth-order valence-corrected chi connectivity index (χ4v) is 2.27. The van der Waals surface area contributed by atoms with E-state index in [4.69, 9.17) is 0 Å². The van der Waals surface area contributed by atoms with Crippen LogP contribution in [0.3, 0.4) is 0 Å². The Morgan fingerprint density at radius 3 is 3.00 bits per heavy atom. The summed E-state index contributed by atoms with van der Waals surface area (Å²) in [4.78, 5) is 22.1. The van der Waals surface area contributed by atoms with Gasteiger partial charge in [-0.25, -0.2) is 10.2 Å². The Kier molecular flexibility index (Phi) is 5.10. The van der Waals surface area contributed by atoms with Gasteiger partial charge in [-0.3, -0.25) is 4.79 Å². The van der Waals surface area contributed by atoms with Gasteiger partial charge >= 0.3 is 12.1 Å². The van der Waals surface area contributed by atoms with Gasteiger partial charge < -0.3 is 9.47 Å². The molecule has 0 aliphatic carbocycles. The summed E-state index contributed by atoms with van der Waals surface area (Å²) in [5.74, 6) is 0.224. The van der Waals surface area contributed by atoms with Crippen LogP contribution in [0.2, 0.25) is 0 Å². The first-order valence-corrected chi connectivity index (χ1v) is 5.85. The number of hydrazone groups is 1. The van der Waals surface area contributed by atoms with Crippen LogP contribution in [0, 0.1) is 5.92 Å². The molecule has 0 aromatic heterocycles. The van der Waals surface area contributed by atoms with E-state index in [1.165, 1.54) is 18.9 Å². The number of ether oxygens (including phenoxy) is 2. The van der Waals surface area contributed by atoms with Crippen LogP contribution in [0.1, 0.15) is 13.3 Å². The van der Waals surface area contributed by atoms with Crippen molar-refractivity contribution < 1.29 is 19.1 Å². The Hall–Kier alpha value is -1.24. The molecular weight excluding hydrogens is 232 g/mol. The number of esters is 1. The Morgan fingerprint density at radius 2 is 2.38 bits per heavy atom. The third-order valence-corrected chi connectivity index (χ3v) is 3.11. The average molecular weight is 246 g/mol. The van der Waals surface area contributed by atoms with Crippen LogP contribution in [0.4, 0.5) is 4.79 Å². The molecule has 7 heteroatoms.